The molecule has 0 unspecified atom stereocenters. The molecule has 0 amide bonds. The van der Waals surface area contributed by atoms with Gasteiger partial charge < -0.3 is 4.98 Å². The number of nitrogens with zero attached hydrogens (tertiary/aromatic N) is 1. The Hall–Kier alpha value is -3.31. The summed E-state index contributed by atoms with van der Waals surface area (Å²) in [6.07, 6.45) is 1.55. The summed E-state index contributed by atoms with van der Waals surface area (Å²) in [5.41, 5.74) is 1.17. The van der Waals surface area contributed by atoms with Gasteiger partial charge in [-0.1, -0.05) is 42.4 Å². The molecule has 0 bridgehead atoms. The van der Waals surface area contributed by atoms with Crippen LogP contribution in [0.4, 0.5) is 0 Å². The Labute approximate surface area is 152 Å². The number of hydrogen-bond acceptors (Lipinski definition) is 2. The predicted octanol–water partition coefficient (Wildman–Crippen LogP) is 1.90. The van der Waals surface area contributed by atoms with Crippen LogP contribution in [0.2, 0.25) is 5.02 Å². The zero-order valence-electron chi connectivity index (χ0n) is 13.6. The van der Waals surface area contributed by atoms with Gasteiger partial charge >= 0.3 is 0 Å². The summed E-state index contributed by atoms with van der Waals surface area (Å²) in [5.74, 6) is 0. The second kappa shape index (κ2) is 6.20. The first-order chi connectivity index (χ1) is 12.5. The number of halogens is 1. The van der Waals surface area contributed by atoms with Gasteiger partial charge in [0.2, 0.25) is 0 Å². The van der Waals surface area contributed by atoms with Crippen molar-refractivity contribution in [3.05, 3.63) is 96.5 Å². The van der Waals surface area contributed by atoms with Crippen LogP contribution in [0.1, 0.15) is 5.56 Å². The fraction of sp³-hybridized carbons (Fsp3) is 0. The largest absolute Gasteiger partial charge is 0.321 e. The van der Waals surface area contributed by atoms with E-state index in [0.29, 0.717) is 26.8 Å². The SMILES string of the molecule is C=c1[nH]n(-c2cccc(Cl)c2)c(=O)c1=Cc1cc2ccccc2[nH]c1=O. The van der Waals surface area contributed by atoms with E-state index in [4.69, 9.17) is 11.6 Å². The normalized spacial score (nSPS) is 12.0. The minimum absolute atomic E-state index is 0.266. The van der Waals surface area contributed by atoms with E-state index in [1.165, 1.54) is 4.68 Å². The highest BCUT2D eigenvalue weighted by Crippen LogP contribution is 2.12. The molecule has 4 rings (SSSR count). The maximum atomic E-state index is 12.8. The number of pyridine rings is 1. The molecule has 26 heavy (non-hydrogen) atoms. The first kappa shape index (κ1) is 16.2. The fourth-order valence-corrected chi connectivity index (χ4v) is 3.05. The molecule has 0 aliphatic heterocycles. The van der Waals surface area contributed by atoms with Crippen molar-refractivity contribution in [2.45, 2.75) is 0 Å². The van der Waals surface area contributed by atoms with Crippen LogP contribution in [0.15, 0.2) is 64.2 Å². The smallest absolute Gasteiger partial charge is 0.279 e. The lowest BCUT2D eigenvalue weighted by molar-refractivity contribution is 0.838. The van der Waals surface area contributed by atoms with Gasteiger partial charge in [0.25, 0.3) is 11.1 Å². The van der Waals surface area contributed by atoms with Gasteiger partial charge in [0, 0.05) is 16.1 Å². The van der Waals surface area contributed by atoms with Crippen molar-refractivity contribution in [3.63, 3.8) is 0 Å². The van der Waals surface area contributed by atoms with Crippen LogP contribution in [0.5, 0.6) is 0 Å². The molecule has 2 aromatic carbocycles. The Morgan fingerprint density at radius 1 is 1.04 bits per heavy atom. The van der Waals surface area contributed by atoms with Crippen molar-refractivity contribution in [1.29, 1.82) is 0 Å². The highest BCUT2D eigenvalue weighted by Gasteiger charge is 2.07. The molecule has 0 aliphatic rings. The topological polar surface area (TPSA) is 70.7 Å². The van der Waals surface area contributed by atoms with Gasteiger partial charge in [-0.25, -0.2) is 4.68 Å². The van der Waals surface area contributed by atoms with Gasteiger partial charge in [0.1, 0.15) is 0 Å². The van der Waals surface area contributed by atoms with Gasteiger partial charge in [-0.15, -0.1) is 0 Å². The zero-order chi connectivity index (χ0) is 18.3. The Balaban J connectivity index is 1.95. The van der Waals surface area contributed by atoms with E-state index < -0.39 is 0 Å². The van der Waals surface area contributed by atoms with E-state index in [-0.39, 0.29) is 11.1 Å². The van der Waals surface area contributed by atoms with Crippen LogP contribution in [-0.4, -0.2) is 14.8 Å². The van der Waals surface area contributed by atoms with Gasteiger partial charge in [0.15, 0.2) is 0 Å². The molecule has 4 aromatic rings. The van der Waals surface area contributed by atoms with Crippen molar-refractivity contribution in [1.82, 2.24) is 14.8 Å². The Morgan fingerprint density at radius 2 is 1.85 bits per heavy atom. The molecule has 0 aliphatic carbocycles. The van der Waals surface area contributed by atoms with Crippen LogP contribution in [0, 0.1) is 0 Å². The predicted molar refractivity (Wildman–Crippen MR) is 104 cm³/mol. The molecule has 2 aromatic heterocycles. The number of benzene rings is 2. The Bertz CT molecular complexity index is 1360. The molecule has 2 N–H and O–H groups in total. The minimum atomic E-state index is -0.301. The van der Waals surface area contributed by atoms with Crippen LogP contribution in [0.3, 0.4) is 0 Å². The van der Waals surface area contributed by atoms with E-state index >= 15 is 0 Å². The van der Waals surface area contributed by atoms with Crippen LogP contribution in [-0.2, 0) is 0 Å². The summed E-state index contributed by atoms with van der Waals surface area (Å²) in [6, 6.07) is 16.1. The van der Waals surface area contributed by atoms with E-state index in [9.17, 15) is 9.59 Å². The molecule has 0 spiro atoms. The van der Waals surface area contributed by atoms with Gasteiger partial charge in [-0.2, -0.15) is 0 Å². The van der Waals surface area contributed by atoms with E-state index in [0.717, 1.165) is 10.9 Å². The molecule has 0 saturated heterocycles. The number of hydrogen-bond donors (Lipinski definition) is 2. The lowest BCUT2D eigenvalue weighted by Gasteiger charge is -2.00. The molecule has 0 atom stereocenters. The molecule has 0 radical (unpaired) electrons. The van der Waals surface area contributed by atoms with Crippen molar-refractivity contribution in [2.24, 2.45) is 0 Å². The third-order valence-electron chi connectivity index (χ3n) is 4.15. The van der Waals surface area contributed by atoms with E-state index in [1.54, 1.807) is 36.4 Å². The standard InChI is InChI=1S/C20H14ClN3O2/c1-12-17(20(26)24(23-12)16-7-4-6-15(21)11-16)10-14-9-13-5-2-3-8-18(13)22-19(14)25/h2-11,23H,1H2,(H,22,25). The lowest BCUT2D eigenvalue weighted by atomic mass is 10.1. The molecule has 6 heteroatoms. The molecule has 2 heterocycles. The molecule has 0 fully saturated rings. The number of fused-ring (bicyclic) bond motifs is 1. The van der Waals surface area contributed by atoms with Gasteiger partial charge in [-0.3, -0.25) is 14.7 Å². The number of aromatic nitrogens is 3. The fourth-order valence-electron chi connectivity index (χ4n) is 2.87. The van der Waals surface area contributed by atoms with Gasteiger partial charge in [0.05, 0.1) is 16.3 Å². The average Bonchev–Trinajstić information content (AvgIpc) is 2.90. The average molecular weight is 364 g/mol. The summed E-state index contributed by atoms with van der Waals surface area (Å²) < 4.78 is 1.36. The maximum absolute atomic E-state index is 12.8. The number of aromatic amines is 2. The summed E-state index contributed by atoms with van der Waals surface area (Å²) >= 11 is 6.00. The third-order valence-corrected chi connectivity index (χ3v) is 4.39. The number of rotatable bonds is 2. The number of H-pyrrole nitrogens is 2. The van der Waals surface area contributed by atoms with Crippen molar-refractivity contribution in [3.8, 4) is 5.69 Å². The molecule has 5 nitrogen and oxygen atoms in total. The van der Waals surface area contributed by atoms with Crippen molar-refractivity contribution < 1.29 is 0 Å². The highest BCUT2D eigenvalue weighted by atomic mass is 35.5. The van der Waals surface area contributed by atoms with Crippen molar-refractivity contribution in [2.75, 3.05) is 0 Å². The van der Waals surface area contributed by atoms with Crippen LogP contribution < -0.4 is 21.7 Å². The van der Waals surface area contributed by atoms with Gasteiger partial charge in [-0.05, 0) is 41.8 Å². The van der Waals surface area contributed by atoms with E-state index in [1.807, 2.05) is 24.3 Å². The summed E-state index contributed by atoms with van der Waals surface area (Å²) in [6.45, 7) is 3.89. The quantitative estimate of drug-likeness (QED) is 0.571. The van der Waals surface area contributed by atoms with Crippen LogP contribution >= 0.6 is 11.6 Å². The molecule has 0 saturated carbocycles. The first-order valence-electron chi connectivity index (χ1n) is 7.93. The zero-order valence-corrected chi connectivity index (χ0v) is 14.4. The van der Waals surface area contributed by atoms with Crippen molar-refractivity contribution >= 4 is 35.2 Å². The first-order valence-corrected chi connectivity index (χ1v) is 8.30. The highest BCUT2D eigenvalue weighted by molar-refractivity contribution is 6.30. The number of para-hydroxylation sites is 1. The molecule has 128 valence electrons. The summed E-state index contributed by atoms with van der Waals surface area (Å²) in [4.78, 5) is 27.9. The Morgan fingerprint density at radius 3 is 2.65 bits per heavy atom. The van der Waals surface area contributed by atoms with Crippen LogP contribution in [0.25, 0.3) is 29.2 Å². The molecular formula is C20H14ClN3O2. The second-order valence-corrected chi connectivity index (χ2v) is 6.35. The maximum Gasteiger partial charge on any atom is 0.279 e. The molecular weight excluding hydrogens is 350 g/mol. The summed E-state index contributed by atoms with van der Waals surface area (Å²) in [7, 11) is 0. The monoisotopic (exact) mass is 363 g/mol. The minimum Gasteiger partial charge on any atom is -0.321 e. The third kappa shape index (κ3) is 2.78. The lowest BCUT2D eigenvalue weighted by Crippen LogP contribution is -2.34. The van der Waals surface area contributed by atoms with E-state index in [2.05, 4.69) is 16.7 Å². The number of nitrogens with one attached hydrogen (secondary N) is 2. The second-order valence-electron chi connectivity index (χ2n) is 5.91. The summed E-state index contributed by atoms with van der Waals surface area (Å²) in [5, 5.41) is 5.07. The Kier molecular flexibility index (Phi) is 3.86.